The highest BCUT2D eigenvalue weighted by molar-refractivity contribution is 5.75. The molecule has 0 aliphatic carbocycles. The summed E-state index contributed by atoms with van der Waals surface area (Å²) in [5.41, 5.74) is 0. The Morgan fingerprint density at radius 2 is 1.12 bits per heavy atom. The molecule has 0 aromatic heterocycles. The zero-order valence-corrected chi connectivity index (χ0v) is 19.2. The second-order valence-electron chi connectivity index (χ2n) is 7.10. The minimum Gasteiger partial charge on any atom is -0.304 e. The van der Waals surface area contributed by atoms with Crippen LogP contribution in [0.25, 0.3) is 0 Å². The minimum absolute atomic E-state index is 0.303. The first-order chi connectivity index (χ1) is 11.8. The van der Waals surface area contributed by atoms with Gasteiger partial charge in [-0.1, -0.05) is 61.8 Å². The van der Waals surface area contributed by atoms with Crippen LogP contribution in [0.3, 0.4) is 0 Å². The molecule has 0 heterocycles. The molecule has 0 fully saturated rings. The molecule has 0 spiro atoms. The molecule has 0 unspecified atom stereocenters. The van der Waals surface area contributed by atoms with Crippen LogP contribution < -0.4 is 0 Å². The lowest BCUT2D eigenvalue weighted by atomic mass is 10.1. The summed E-state index contributed by atoms with van der Waals surface area (Å²) in [6.07, 6.45) is 5.73. The molecular weight excluding hydrogens is 308 g/mol. The highest BCUT2D eigenvalue weighted by Crippen LogP contribution is 2.04. The van der Waals surface area contributed by atoms with E-state index in [0.29, 0.717) is 5.78 Å². The average Bonchev–Trinajstić information content (AvgIpc) is 2.56. The standard InChI is InChI=1S/C10H23N.C9H19NO.C3H8/c1-5-11(6-2)9-7-8-10(3)4;1-4-10(5-2)8-6-7-9(3)11;1-3-2/h10H,5-9H2,1-4H3;4-8H2,1-3H3;3H2,1-2H3. The van der Waals surface area contributed by atoms with Crippen molar-refractivity contribution in [2.75, 3.05) is 39.3 Å². The normalized spacial score (nSPS) is 10.4. The van der Waals surface area contributed by atoms with Crippen LogP contribution in [0.4, 0.5) is 0 Å². The molecule has 3 heteroatoms. The van der Waals surface area contributed by atoms with Crippen molar-refractivity contribution in [2.45, 2.75) is 94.4 Å². The van der Waals surface area contributed by atoms with Crippen LogP contribution in [0.1, 0.15) is 94.4 Å². The molecule has 0 aliphatic rings. The van der Waals surface area contributed by atoms with Crippen LogP contribution in [0.5, 0.6) is 0 Å². The van der Waals surface area contributed by atoms with Crippen LogP contribution in [0.2, 0.25) is 0 Å². The summed E-state index contributed by atoms with van der Waals surface area (Å²) in [6.45, 7) is 26.2. The largest absolute Gasteiger partial charge is 0.304 e. The summed E-state index contributed by atoms with van der Waals surface area (Å²) in [6, 6.07) is 0. The summed E-state index contributed by atoms with van der Waals surface area (Å²) in [7, 11) is 0. The molecule has 25 heavy (non-hydrogen) atoms. The highest BCUT2D eigenvalue weighted by Gasteiger charge is 2.00. The predicted octanol–water partition coefficient (Wildman–Crippen LogP) is 5.88. The summed E-state index contributed by atoms with van der Waals surface area (Å²) in [5.74, 6) is 1.17. The lowest BCUT2D eigenvalue weighted by Crippen LogP contribution is -2.24. The number of rotatable bonds is 12. The van der Waals surface area contributed by atoms with Crippen molar-refractivity contribution < 1.29 is 4.79 Å². The van der Waals surface area contributed by atoms with Crippen molar-refractivity contribution in [2.24, 2.45) is 5.92 Å². The van der Waals surface area contributed by atoms with Crippen LogP contribution >= 0.6 is 0 Å². The van der Waals surface area contributed by atoms with E-state index in [1.807, 2.05) is 0 Å². The number of hydrogen-bond donors (Lipinski definition) is 0. The predicted molar refractivity (Wildman–Crippen MR) is 116 cm³/mol. The van der Waals surface area contributed by atoms with Gasteiger partial charge in [0.05, 0.1) is 0 Å². The van der Waals surface area contributed by atoms with E-state index >= 15 is 0 Å². The first-order valence-corrected chi connectivity index (χ1v) is 10.8. The fourth-order valence-corrected chi connectivity index (χ4v) is 2.35. The van der Waals surface area contributed by atoms with E-state index in [4.69, 9.17) is 0 Å². The first-order valence-electron chi connectivity index (χ1n) is 10.8. The van der Waals surface area contributed by atoms with Crippen molar-refractivity contribution in [3.8, 4) is 0 Å². The van der Waals surface area contributed by atoms with Gasteiger partial charge in [-0.2, -0.15) is 0 Å². The zero-order chi connectivity index (χ0) is 20.1. The van der Waals surface area contributed by atoms with Crippen LogP contribution in [0, 0.1) is 5.92 Å². The van der Waals surface area contributed by atoms with Gasteiger partial charge in [0.2, 0.25) is 0 Å². The van der Waals surface area contributed by atoms with Crippen LogP contribution in [-0.2, 0) is 4.79 Å². The highest BCUT2D eigenvalue weighted by atomic mass is 16.1. The Hall–Kier alpha value is -0.410. The molecular formula is C22H50N2O. The Morgan fingerprint density at radius 1 is 0.760 bits per heavy atom. The van der Waals surface area contributed by atoms with Gasteiger partial charge in [0.25, 0.3) is 0 Å². The first kappa shape index (κ1) is 29.4. The van der Waals surface area contributed by atoms with Crippen molar-refractivity contribution in [3.63, 3.8) is 0 Å². The molecule has 0 bridgehead atoms. The summed E-state index contributed by atoms with van der Waals surface area (Å²) < 4.78 is 0. The van der Waals surface area contributed by atoms with Gasteiger partial charge in [0.15, 0.2) is 0 Å². The maximum Gasteiger partial charge on any atom is 0.129 e. The molecule has 154 valence electrons. The third kappa shape index (κ3) is 28.7. The molecule has 0 saturated carbocycles. The van der Waals surface area contributed by atoms with Crippen LogP contribution in [-0.4, -0.2) is 54.9 Å². The van der Waals surface area contributed by atoms with Gasteiger partial charge >= 0.3 is 0 Å². The quantitative estimate of drug-likeness (QED) is 0.435. The molecule has 0 aromatic rings. The van der Waals surface area contributed by atoms with E-state index in [1.54, 1.807) is 6.92 Å². The average molecular weight is 359 g/mol. The van der Waals surface area contributed by atoms with Gasteiger partial charge in [-0.25, -0.2) is 0 Å². The topological polar surface area (TPSA) is 23.6 Å². The van der Waals surface area contributed by atoms with E-state index in [2.05, 4.69) is 65.2 Å². The van der Waals surface area contributed by atoms with Crippen molar-refractivity contribution in [1.29, 1.82) is 0 Å². The molecule has 0 saturated heterocycles. The van der Waals surface area contributed by atoms with Gasteiger partial charge in [0.1, 0.15) is 5.78 Å². The van der Waals surface area contributed by atoms with Gasteiger partial charge in [-0.05, 0) is 71.4 Å². The van der Waals surface area contributed by atoms with Crippen LogP contribution in [0.15, 0.2) is 0 Å². The number of hydrogen-bond acceptors (Lipinski definition) is 3. The molecule has 3 nitrogen and oxygen atoms in total. The van der Waals surface area contributed by atoms with E-state index in [1.165, 1.54) is 38.9 Å². The van der Waals surface area contributed by atoms with Gasteiger partial charge in [-0.15, -0.1) is 0 Å². The van der Waals surface area contributed by atoms with Crippen molar-refractivity contribution in [1.82, 2.24) is 9.80 Å². The number of carbonyl (C=O) groups excluding carboxylic acids is 1. The number of Topliss-reactive ketones (excluding diaryl/α,β-unsaturated/α-hetero) is 1. The Balaban J connectivity index is -0.000000334. The Kier molecular flexibility index (Phi) is 27.7. The molecule has 0 N–H and O–H groups in total. The maximum atomic E-state index is 10.6. The maximum absolute atomic E-state index is 10.6. The lowest BCUT2D eigenvalue weighted by Gasteiger charge is -2.18. The molecule has 0 aromatic carbocycles. The number of ketones is 1. The van der Waals surface area contributed by atoms with Gasteiger partial charge < -0.3 is 14.6 Å². The molecule has 0 radical (unpaired) electrons. The Labute approximate surface area is 160 Å². The number of nitrogens with zero attached hydrogens (tertiary/aromatic N) is 2. The second kappa shape index (κ2) is 23.6. The molecule has 0 rings (SSSR count). The lowest BCUT2D eigenvalue weighted by molar-refractivity contribution is -0.117. The third-order valence-corrected chi connectivity index (χ3v) is 4.05. The molecule has 0 atom stereocenters. The second-order valence-corrected chi connectivity index (χ2v) is 7.10. The van der Waals surface area contributed by atoms with Gasteiger partial charge in [0, 0.05) is 6.42 Å². The monoisotopic (exact) mass is 358 g/mol. The smallest absolute Gasteiger partial charge is 0.129 e. The van der Waals surface area contributed by atoms with E-state index in [-0.39, 0.29) is 0 Å². The summed E-state index contributed by atoms with van der Waals surface area (Å²) in [5, 5.41) is 0. The molecule has 0 amide bonds. The zero-order valence-electron chi connectivity index (χ0n) is 19.2. The van der Waals surface area contributed by atoms with Crippen molar-refractivity contribution >= 4 is 5.78 Å². The SMILES string of the molecule is CCC.CCN(CC)CCCC(C)=O.CCN(CC)CCCC(C)C. The summed E-state index contributed by atoms with van der Waals surface area (Å²) in [4.78, 5) is 15.4. The fourth-order valence-electron chi connectivity index (χ4n) is 2.35. The summed E-state index contributed by atoms with van der Waals surface area (Å²) >= 11 is 0. The minimum atomic E-state index is 0.303. The Bertz CT molecular complexity index is 246. The van der Waals surface area contributed by atoms with Gasteiger partial charge in [-0.3, -0.25) is 0 Å². The Morgan fingerprint density at radius 3 is 1.40 bits per heavy atom. The van der Waals surface area contributed by atoms with E-state index in [9.17, 15) is 4.79 Å². The van der Waals surface area contributed by atoms with Crippen molar-refractivity contribution in [3.05, 3.63) is 0 Å². The number of carbonyl (C=O) groups is 1. The third-order valence-electron chi connectivity index (χ3n) is 4.05. The van der Waals surface area contributed by atoms with E-state index in [0.717, 1.165) is 38.4 Å². The fraction of sp³-hybridized carbons (Fsp3) is 0.955. The van der Waals surface area contributed by atoms with E-state index < -0.39 is 0 Å². The molecule has 0 aliphatic heterocycles.